The van der Waals surface area contributed by atoms with Gasteiger partial charge in [0.15, 0.2) is 5.78 Å². The van der Waals surface area contributed by atoms with E-state index in [-0.39, 0.29) is 75.3 Å². The van der Waals surface area contributed by atoms with Crippen LogP contribution in [0.2, 0.25) is 0 Å². The van der Waals surface area contributed by atoms with E-state index in [1.807, 2.05) is 6.08 Å². The van der Waals surface area contributed by atoms with E-state index in [0.29, 0.717) is 68.1 Å². The molecule has 0 amide bonds. The van der Waals surface area contributed by atoms with Crippen molar-refractivity contribution < 1.29 is 39.2 Å². The largest absolute Gasteiger partial charge is 0.458 e. The lowest BCUT2D eigenvalue weighted by Gasteiger charge is -2.64. The van der Waals surface area contributed by atoms with E-state index in [9.17, 15) is 35.0 Å². The predicted octanol–water partition coefficient (Wildman–Crippen LogP) is 5.73. The Morgan fingerprint density at radius 3 is 1.96 bits per heavy atom. The zero-order valence-electron chi connectivity index (χ0n) is 33.5. The SMILES string of the molecule is CC12CCC(O)C=C1C=CC1C2[C@H](O)CC2(C)C1CC[C@@]21CCC(=O)O1.CC12C[C@@H](O)C3C(C4C[C@]5(C#N)C(=C4N)C(=O)CCC35C)C1CC[C@@]21CCC(=O)O1. The van der Waals surface area contributed by atoms with Gasteiger partial charge in [-0.05, 0) is 123 Å². The maximum atomic E-state index is 12.9. The Morgan fingerprint density at radius 2 is 1.36 bits per heavy atom. The average molecular weight is 769 g/mol. The second-order valence-corrected chi connectivity index (χ2v) is 21.3. The number of nitrogens with zero attached hydrogens (tertiary/aromatic N) is 1. The Hall–Kier alpha value is -3.00. The summed E-state index contributed by atoms with van der Waals surface area (Å²) in [7, 11) is 0. The molecule has 11 aliphatic rings. The highest BCUT2D eigenvalue weighted by atomic mass is 16.6. The van der Waals surface area contributed by atoms with Crippen LogP contribution in [-0.4, -0.2) is 62.6 Å². The van der Waals surface area contributed by atoms with E-state index >= 15 is 0 Å². The van der Waals surface area contributed by atoms with Crippen molar-refractivity contribution in [3.05, 3.63) is 35.1 Å². The van der Waals surface area contributed by atoms with E-state index in [0.717, 1.165) is 51.4 Å². The number of hydrogen-bond acceptors (Lipinski definition) is 10. The molecule has 2 aliphatic heterocycles. The molecule has 12 unspecified atom stereocenters. The zero-order chi connectivity index (χ0) is 39.6. The Balaban J connectivity index is 0.000000139. The smallest absolute Gasteiger partial charge is 0.306 e. The lowest BCUT2D eigenvalue weighted by atomic mass is 9.39. The van der Waals surface area contributed by atoms with Gasteiger partial charge in [-0.15, -0.1) is 0 Å². The molecular weight excluding hydrogens is 709 g/mol. The first-order valence-electron chi connectivity index (χ1n) is 21.8. The molecule has 302 valence electrons. The highest BCUT2D eigenvalue weighted by Crippen LogP contribution is 2.77. The summed E-state index contributed by atoms with van der Waals surface area (Å²) in [5.74, 6) is 1.06. The third kappa shape index (κ3) is 4.26. The van der Waals surface area contributed by atoms with Crippen LogP contribution in [-0.2, 0) is 23.9 Å². The van der Waals surface area contributed by atoms with Crippen molar-refractivity contribution in [1.29, 1.82) is 5.26 Å². The molecule has 10 heteroatoms. The van der Waals surface area contributed by atoms with Gasteiger partial charge >= 0.3 is 11.9 Å². The predicted molar refractivity (Wildman–Crippen MR) is 203 cm³/mol. The lowest BCUT2D eigenvalue weighted by molar-refractivity contribution is -0.209. The van der Waals surface area contributed by atoms with E-state index in [2.05, 4.69) is 45.9 Å². The van der Waals surface area contributed by atoms with Crippen molar-refractivity contribution >= 4 is 17.7 Å². The standard InChI is InChI=1S/C24H30N2O4.C22H30O4/c1-21-6-4-14(27)19-20(26)12(9-23(19,21)11-25)17-13-3-7-24(8-5-16(29)30-24)22(13,2)10-15(28)18(17)21;1-20-8-5-14(23)11-13(20)3-4-15-16-6-9-22(10-7-18(25)26-22)21(16,2)12-17(24)19(15)20/h12-13,15,17-18,28H,3-10,26H2,1-2H3;3-4,11,14-17,19,23-24H,5-10,12H2,1-2H3/t12?,13?,15-,17?,18?,21?,22?,23+,24-;14?,15?,16?,17-,19?,20?,21?,22-/m11/s1. The monoisotopic (exact) mass is 768 g/mol. The Morgan fingerprint density at radius 1 is 0.750 bits per heavy atom. The normalized spacial score (nSPS) is 55.6. The first kappa shape index (κ1) is 37.3. The number of carbonyl (C=O) groups excluding carboxylic acids is 3. The number of carbonyl (C=O) groups is 3. The van der Waals surface area contributed by atoms with Crippen LogP contribution in [0.5, 0.6) is 0 Å². The lowest BCUT2D eigenvalue weighted by Crippen LogP contribution is -2.64. The maximum absolute atomic E-state index is 12.9. The number of ether oxygens (including phenoxy) is 2. The number of aliphatic hydroxyl groups excluding tert-OH is 3. The van der Waals surface area contributed by atoms with Gasteiger partial charge in [0.1, 0.15) is 11.2 Å². The van der Waals surface area contributed by atoms with Gasteiger partial charge in [-0.1, -0.05) is 45.9 Å². The van der Waals surface area contributed by atoms with Crippen molar-refractivity contribution in [3.63, 3.8) is 0 Å². The highest BCUT2D eigenvalue weighted by Gasteiger charge is 2.77. The summed E-state index contributed by atoms with van der Waals surface area (Å²) in [5.41, 5.74) is 6.34. The van der Waals surface area contributed by atoms with Crippen LogP contribution in [0.3, 0.4) is 0 Å². The summed E-state index contributed by atoms with van der Waals surface area (Å²) in [5, 5.41) is 43.4. The Kier molecular flexibility index (Phi) is 7.72. The van der Waals surface area contributed by atoms with Gasteiger partial charge in [-0.3, -0.25) is 14.4 Å². The van der Waals surface area contributed by atoms with Crippen LogP contribution >= 0.6 is 0 Å². The number of esters is 2. The zero-order valence-corrected chi connectivity index (χ0v) is 33.5. The van der Waals surface area contributed by atoms with Gasteiger partial charge in [0.25, 0.3) is 0 Å². The number of Topliss-reactive ketones (excluding diaryl/α,β-unsaturated/α-hetero) is 1. The number of aliphatic hydroxyl groups is 3. The fourth-order valence-corrected chi connectivity index (χ4v) is 17.1. The third-order valence-corrected chi connectivity index (χ3v) is 19.8. The molecule has 5 N–H and O–H groups in total. The first-order valence-corrected chi connectivity index (χ1v) is 21.8. The molecule has 0 aromatic heterocycles. The maximum Gasteiger partial charge on any atom is 0.306 e. The van der Waals surface area contributed by atoms with Gasteiger partial charge in [0.2, 0.25) is 0 Å². The minimum absolute atomic E-state index is 0.0255. The molecule has 6 saturated carbocycles. The summed E-state index contributed by atoms with van der Waals surface area (Å²) in [6.45, 7) is 8.86. The second-order valence-electron chi connectivity index (χ2n) is 21.3. The quantitative estimate of drug-likeness (QED) is 0.222. The van der Waals surface area contributed by atoms with E-state index in [1.54, 1.807) is 0 Å². The van der Waals surface area contributed by atoms with Gasteiger partial charge in [0.05, 0.1) is 29.8 Å². The van der Waals surface area contributed by atoms with Crippen molar-refractivity contribution in [3.8, 4) is 6.07 Å². The van der Waals surface area contributed by atoms with Crippen LogP contribution in [0.15, 0.2) is 35.1 Å². The van der Waals surface area contributed by atoms with Crippen LogP contribution in [0.1, 0.15) is 124 Å². The number of allylic oxidation sites excluding steroid dienone is 5. The van der Waals surface area contributed by atoms with Crippen LogP contribution in [0.4, 0.5) is 0 Å². The summed E-state index contributed by atoms with van der Waals surface area (Å²) in [4.78, 5) is 36.9. The molecule has 2 spiro atoms. The highest BCUT2D eigenvalue weighted by molar-refractivity contribution is 6.00. The van der Waals surface area contributed by atoms with Crippen molar-refractivity contribution in [2.45, 2.75) is 154 Å². The molecule has 0 aromatic rings. The summed E-state index contributed by atoms with van der Waals surface area (Å²) >= 11 is 0. The molecule has 9 aliphatic carbocycles. The number of nitriles is 1. The van der Waals surface area contributed by atoms with E-state index in [1.165, 1.54) is 5.57 Å². The minimum atomic E-state index is -0.872. The topological polar surface area (TPSA) is 180 Å². The molecule has 56 heavy (non-hydrogen) atoms. The molecule has 11 rings (SSSR count). The third-order valence-electron chi connectivity index (χ3n) is 19.8. The van der Waals surface area contributed by atoms with Crippen molar-refractivity contribution in [1.82, 2.24) is 0 Å². The molecule has 2 heterocycles. The van der Waals surface area contributed by atoms with Gasteiger partial charge in [0, 0.05) is 53.2 Å². The van der Waals surface area contributed by atoms with Gasteiger partial charge in [-0.2, -0.15) is 5.26 Å². The first-order chi connectivity index (χ1) is 26.4. The summed E-state index contributed by atoms with van der Waals surface area (Å²) in [6.07, 6.45) is 16.0. The fourth-order valence-electron chi connectivity index (χ4n) is 17.1. The Bertz CT molecular complexity index is 1950. The molecule has 0 aromatic carbocycles. The van der Waals surface area contributed by atoms with Crippen LogP contribution < -0.4 is 5.73 Å². The number of hydrogen-bond donors (Lipinski definition) is 4. The number of fused-ring (bicyclic) bond motifs is 13. The number of rotatable bonds is 0. The molecule has 10 nitrogen and oxygen atoms in total. The van der Waals surface area contributed by atoms with E-state index in [4.69, 9.17) is 15.2 Å². The minimum Gasteiger partial charge on any atom is -0.458 e. The molecule has 2 saturated heterocycles. The van der Waals surface area contributed by atoms with Gasteiger partial charge in [-0.25, -0.2) is 0 Å². The molecular formula is C46H60N2O8. The van der Waals surface area contributed by atoms with E-state index < -0.39 is 28.6 Å². The van der Waals surface area contributed by atoms with Crippen molar-refractivity contribution in [2.24, 2.45) is 74.2 Å². The summed E-state index contributed by atoms with van der Waals surface area (Å²) < 4.78 is 11.9. The van der Waals surface area contributed by atoms with Gasteiger partial charge < -0.3 is 30.5 Å². The average Bonchev–Trinajstić information content (AvgIpc) is 3.93. The van der Waals surface area contributed by atoms with Crippen LogP contribution in [0, 0.1) is 79.8 Å². The molecule has 17 atom stereocenters. The molecule has 0 radical (unpaired) electrons. The fraction of sp³-hybridized carbons (Fsp3) is 0.783. The second kappa shape index (κ2) is 11.6. The number of nitrogens with two attached hydrogens (primary N) is 1. The summed E-state index contributed by atoms with van der Waals surface area (Å²) in [6, 6.07) is 2.55. The Labute approximate surface area is 330 Å². The van der Waals surface area contributed by atoms with Crippen molar-refractivity contribution in [2.75, 3.05) is 0 Å². The molecule has 2 bridgehead atoms. The molecule has 8 fully saturated rings. The van der Waals surface area contributed by atoms with Crippen LogP contribution in [0.25, 0.3) is 0 Å². The number of ketones is 1.